The molecule has 26 heavy (non-hydrogen) atoms. The van der Waals surface area contributed by atoms with Gasteiger partial charge in [-0.25, -0.2) is 18.0 Å². The molecule has 0 saturated heterocycles. The lowest BCUT2D eigenvalue weighted by atomic mass is 10.3. The molecule has 0 aliphatic carbocycles. The van der Waals surface area contributed by atoms with Crippen LogP contribution in [0.3, 0.4) is 0 Å². The Hall–Kier alpha value is -1.72. The first kappa shape index (κ1) is 22.3. The molecule has 1 aromatic rings. The lowest BCUT2D eigenvalue weighted by Gasteiger charge is -2.26. The average molecular weight is 401 g/mol. The molecule has 0 bridgehead atoms. The van der Waals surface area contributed by atoms with Crippen molar-refractivity contribution in [2.75, 3.05) is 20.8 Å². The maximum Gasteiger partial charge on any atom is 0.443 e. The number of carbonyl (C=O) groups is 1. The molecule has 0 fully saturated rings. The zero-order chi connectivity index (χ0) is 19.9. The van der Waals surface area contributed by atoms with Crippen LogP contribution in [0.4, 0.5) is 26.8 Å². The van der Waals surface area contributed by atoms with Crippen molar-refractivity contribution in [3.8, 4) is 5.75 Å². The van der Waals surface area contributed by atoms with Crippen LogP contribution in [-0.2, 0) is 8.85 Å². The highest BCUT2D eigenvalue weighted by Crippen LogP contribution is 2.25. The number of carbonyl (C=O) groups excluding carboxylic acids is 1. The van der Waals surface area contributed by atoms with E-state index in [0.717, 1.165) is 0 Å². The monoisotopic (exact) mass is 401 g/mol. The number of hydrogen-bond acceptors (Lipinski definition) is 4. The highest BCUT2D eigenvalue weighted by molar-refractivity contribution is 6.67. The third-order valence-corrected chi connectivity index (χ3v) is 7.59. The van der Waals surface area contributed by atoms with Crippen LogP contribution in [0.15, 0.2) is 6.07 Å². The molecule has 0 radical (unpaired) electrons. The van der Waals surface area contributed by atoms with E-state index in [0.29, 0.717) is 18.5 Å². The third kappa shape index (κ3) is 5.38. The van der Waals surface area contributed by atoms with E-state index in [1.807, 2.05) is 6.92 Å². The summed E-state index contributed by atoms with van der Waals surface area (Å²) in [7, 11) is 0.742. The predicted octanol–water partition coefficient (Wildman–Crippen LogP) is 4.46. The van der Waals surface area contributed by atoms with Crippen molar-refractivity contribution in [1.29, 1.82) is 0 Å². The fourth-order valence-corrected chi connectivity index (χ4v) is 4.55. The lowest BCUT2D eigenvalue weighted by Crippen LogP contribution is -2.39. The van der Waals surface area contributed by atoms with Gasteiger partial charge in [0.1, 0.15) is 0 Å². The van der Waals surface area contributed by atoms with Crippen LogP contribution in [0.2, 0.25) is 12.1 Å². The molecule has 0 atom stereocenters. The summed E-state index contributed by atoms with van der Waals surface area (Å²) in [5.41, 5.74) is 0. The van der Waals surface area contributed by atoms with Crippen LogP contribution < -0.4 is 4.74 Å². The summed E-state index contributed by atoms with van der Waals surface area (Å²) in [6.07, 6.45) is -0.961. The summed E-state index contributed by atoms with van der Waals surface area (Å²) in [5.74, 6) is -9.15. The Balaban J connectivity index is 2.57. The number of rotatable bonds is 9. The minimum absolute atomic E-state index is 0.123. The second-order valence-corrected chi connectivity index (χ2v) is 9.23. The van der Waals surface area contributed by atoms with Crippen molar-refractivity contribution < 1.29 is 40.4 Å². The van der Waals surface area contributed by atoms with Crippen LogP contribution >= 0.6 is 0 Å². The zero-order valence-corrected chi connectivity index (χ0v) is 15.6. The Morgan fingerprint density at radius 2 is 1.69 bits per heavy atom. The van der Waals surface area contributed by atoms with E-state index in [2.05, 4.69) is 4.74 Å². The molecule has 0 saturated carbocycles. The van der Waals surface area contributed by atoms with Crippen LogP contribution in [-0.4, -0.2) is 40.5 Å². The molecular formula is C15H20F5NO4Si. The van der Waals surface area contributed by atoms with E-state index >= 15 is 0 Å². The van der Waals surface area contributed by atoms with Gasteiger partial charge in [0.2, 0.25) is 11.6 Å². The number of ether oxygens (including phenoxy) is 1. The maximum absolute atomic E-state index is 13.7. The van der Waals surface area contributed by atoms with Gasteiger partial charge in [-0.3, -0.25) is 0 Å². The van der Waals surface area contributed by atoms with Gasteiger partial charge in [0.25, 0.3) is 0 Å². The summed E-state index contributed by atoms with van der Waals surface area (Å²) in [4.78, 5) is 11.5. The van der Waals surface area contributed by atoms with Crippen LogP contribution in [0.5, 0.6) is 5.75 Å². The molecule has 0 N–H and O–H groups in total. The second kappa shape index (κ2) is 9.83. The number of unbranched alkanes of at least 4 members (excludes halogenated alkanes) is 1. The molecule has 1 amide bonds. The molecular weight excluding hydrogens is 381 g/mol. The molecule has 0 aliphatic heterocycles. The number of hydrogen-bond donors (Lipinski definition) is 0. The largest absolute Gasteiger partial charge is 0.443 e. The zero-order valence-electron chi connectivity index (χ0n) is 14.6. The molecule has 5 nitrogen and oxygen atoms in total. The number of benzene rings is 1. The number of nitrogens with zero attached hydrogens (tertiary/aromatic N) is 1. The predicted molar refractivity (Wildman–Crippen MR) is 84.4 cm³/mol. The van der Waals surface area contributed by atoms with Gasteiger partial charge in [-0.1, -0.05) is 11.4 Å². The fourth-order valence-electron chi connectivity index (χ4n) is 2.26. The van der Waals surface area contributed by atoms with Gasteiger partial charge >= 0.3 is 14.7 Å². The van der Waals surface area contributed by atoms with Crippen molar-refractivity contribution in [3.05, 3.63) is 29.3 Å². The molecule has 1 aromatic carbocycles. The first-order chi connectivity index (χ1) is 12.2. The van der Waals surface area contributed by atoms with E-state index in [9.17, 15) is 26.8 Å². The van der Waals surface area contributed by atoms with Crippen LogP contribution in [0.1, 0.15) is 19.8 Å². The Morgan fingerprint density at radius 1 is 1.08 bits per heavy atom. The number of amides is 1. The fraction of sp³-hybridized carbons (Fsp3) is 0.533. The van der Waals surface area contributed by atoms with Gasteiger partial charge in [0.15, 0.2) is 17.4 Å². The summed E-state index contributed by atoms with van der Waals surface area (Å²) in [5, 5.41) is -0.368. The maximum atomic E-state index is 13.7. The molecule has 0 aliphatic rings. The standard InChI is InChI=1S/C15H20F5NO4Si/c1-4-26(23-2,24-3)8-6-5-7-21(20)15(22)25-11-9-10(16)12(17)14(19)13(11)18/h9H,4-8H2,1-3H3. The van der Waals surface area contributed by atoms with Gasteiger partial charge in [0.05, 0.1) is 6.54 Å². The highest BCUT2D eigenvalue weighted by Gasteiger charge is 2.32. The molecule has 0 spiro atoms. The van der Waals surface area contributed by atoms with Gasteiger partial charge in [-0.2, -0.15) is 4.39 Å². The summed E-state index contributed by atoms with van der Waals surface area (Å²) >= 11 is 0. The van der Waals surface area contributed by atoms with Crippen LogP contribution in [0, 0.1) is 23.3 Å². The summed E-state index contributed by atoms with van der Waals surface area (Å²) in [6, 6.07) is 1.39. The van der Waals surface area contributed by atoms with Gasteiger partial charge in [0, 0.05) is 20.3 Å². The first-order valence-corrected chi connectivity index (χ1v) is 10.0. The van der Waals surface area contributed by atoms with Crippen molar-refractivity contribution in [2.24, 2.45) is 0 Å². The Morgan fingerprint density at radius 3 is 2.23 bits per heavy atom. The van der Waals surface area contributed by atoms with Gasteiger partial charge < -0.3 is 13.6 Å². The minimum atomic E-state index is -2.33. The Labute approximate surface area is 148 Å². The Kier molecular flexibility index (Phi) is 8.44. The van der Waals surface area contributed by atoms with E-state index in [-0.39, 0.29) is 17.6 Å². The summed E-state index contributed by atoms with van der Waals surface area (Å²) in [6.45, 7) is 1.52. The van der Waals surface area contributed by atoms with E-state index in [1.165, 1.54) is 14.2 Å². The average Bonchev–Trinajstić information content (AvgIpc) is 2.64. The van der Waals surface area contributed by atoms with Gasteiger partial charge in [-0.05, 0) is 24.9 Å². The van der Waals surface area contributed by atoms with Crippen molar-refractivity contribution in [3.63, 3.8) is 0 Å². The molecule has 0 aromatic heterocycles. The normalized spacial score (nSPS) is 11.5. The highest BCUT2D eigenvalue weighted by atomic mass is 28.4. The SMILES string of the molecule is CC[Si](CCCCN(F)C(=O)Oc1cc(F)c(F)c(F)c1F)(OC)OC. The second-order valence-electron chi connectivity index (χ2n) is 5.38. The van der Waals surface area contributed by atoms with Gasteiger partial charge in [-0.15, -0.1) is 5.12 Å². The minimum Gasteiger partial charge on any atom is -0.405 e. The van der Waals surface area contributed by atoms with Crippen molar-refractivity contribution >= 4 is 14.7 Å². The van der Waals surface area contributed by atoms with Crippen LogP contribution in [0.25, 0.3) is 0 Å². The topological polar surface area (TPSA) is 48.0 Å². The van der Waals surface area contributed by atoms with E-state index < -0.39 is 50.2 Å². The van der Waals surface area contributed by atoms with Crippen molar-refractivity contribution in [2.45, 2.75) is 31.9 Å². The smallest absolute Gasteiger partial charge is 0.405 e. The lowest BCUT2D eigenvalue weighted by molar-refractivity contribution is 0.0349. The van der Waals surface area contributed by atoms with E-state index in [4.69, 9.17) is 8.85 Å². The van der Waals surface area contributed by atoms with Crippen molar-refractivity contribution in [1.82, 2.24) is 5.12 Å². The molecule has 0 unspecified atom stereocenters. The molecule has 148 valence electrons. The quantitative estimate of drug-likeness (QED) is 0.153. The molecule has 0 heterocycles. The number of halogens is 5. The third-order valence-electron chi connectivity index (χ3n) is 3.91. The van der Waals surface area contributed by atoms with E-state index in [1.54, 1.807) is 0 Å². The Bertz CT molecular complexity index is 622. The molecule has 11 heteroatoms. The molecule has 1 rings (SSSR count). The first-order valence-electron chi connectivity index (χ1n) is 7.79. The summed E-state index contributed by atoms with van der Waals surface area (Å²) < 4.78 is 81.0.